The molecule has 12 atom stereocenters. The van der Waals surface area contributed by atoms with Gasteiger partial charge >= 0.3 is 0 Å². The average molecular weight is 1030 g/mol. The molecule has 2 fully saturated rings. The van der Waals surface area contributed by atoms with Crippen LogP contribution in [0.15, 0.2) is 122 Å². The van der Waals surface area contributed by atoms with Crippen LogP contribution in [0.4, 0.5) is 0 Å². The Morgan fingerprint density at radius 1 is 0.507 bits per heavy atom. The van der Waals surface area contributed by atoms with Crippen LogP contribution in [0.1, 0.15) is 149 Å². The molecule has 0 aliphatic carbocycles. The van der Waals surface area contributed by atoms with Gasteiger partial charge in [0.25, 0.3) is 0 Å². The van der Waals surface area contributed by atoms with Crippen LogP contribution < -0.4 is 5.32 Å². The molecule has 14 nitrogen and oxygen atoms in total. The first kappa shape index (κ1) is 65.5. The summed E-state index contributed by atoms with van der Waals surface area (Å²) in [4.78, 5) is 13.2. The van der Waals surface area contributed by atoms with Crippen LogP contribution in [0.2, 0.25) is 0 Å². The number of allylic oxidation sites excluding steroid dienone is 19. The van der Waals surface area contributed by atoms with Gasteiger partial charge in [0.15, 0.2) is 12.6 Å². The molecule has 2 aliphatic heterocycles. The van der Waals surface area contributed by atoms with Gasteiger partial charge in [0.05, 0.1) is 32.0 Å². The predicted octanol–water partition coefficient (Wildman–Crippen LogP) is 8.27. The minimum atomic E-state index is -1.80. The Hall–Kier alpha value is -3.61. The Labute approximate surface area is 438 Å². The SMILES string of the molecule is CC/C=C\C/C=C\C/C=C\C/C=C\C/C=C\C/C=C\C/C=C\CCCCCC(=O)NC(COC1OC(CO)C(OC2OC(CO)C(O)C(O)C2O)C(O)C1O)C(O)/C=C/CC/C=C/CC/C=C/CCCCCC. The summed E-state index contributed by atoms with van der Waals surface area (Å²) in [5.74, 6) is -0.293. The van der Waals surface area contributed by atoms with Gasteiger partial charge in [-0.1, -0.05) is 161 Å². The molecular formula is C59H95NO13. The van der Waals surface area contributed by atoms with E-state index >= 15 is 0 Å². The third-order valence-electron chi connectivity index (χ3n) is 12.4. The molecule has 414 valence electrons. The van der Waals surface area contributed by atoms with E-state index < -0.39 is 86.8 Å². The molecule has 2 rings (SSSR count). The fraction of sp³-hybridized carbons (Fsp3) is 0.644. The summed E-state index contributed by atoms with van der Waals surface area (Å²) in [7, 11) is 0. The highest BCUT2D eigenvalue weighted by molar-refractivity contribution is 5.76. The molecule has 0 aromatic carbocycles. The first-order valence-corrected chi connectivity index (χ1v) is 27.3. The summed E-state index contributed by atoms with van der Waals surface area (Å²) in [6, 6.07) is -0.964. The second-order valence-electron chi connectivity index (χ2n) is 18.6. The van der Waals surface area contributed by atoms with E-state index in [9.17, 15) is 45.6 Å². The van der Waals surface area contributed by atoms with Gasteiger partial charge in [-0.3, -0.25) is 4.79 Å². The molecule has 2 heterocycles. The van der Waals surface area contributed by atoms with Crippen molar-refractivity contribution in [1.82, 2.24) is 5.32 Å². The van der Waals surface area contributed by atoms with Crippen molar-refractivity contribution < 1.29 is 64.6 Å². The third kappa shape index (κ3) is 29.9. The van der Waals surface area contributed by atoms with E-state index in [0.29, 0.717) is 12.8 Å². The highest BCUT2D eigenvalue weighted by Gasteiger charge is 2.51. The average Bonchev–Trinajstić information content (AvgIpc) is 3.39. The van der Waals surface area contributed by atoms with Gasteiger partial charge in [0.2, 0.25) is 5.91 Å². The molecule has 1 amide bonds. The highest BCUT2D eigenvalue weighted by Crippen LogP contribution is 2.30. The Morgan fingerprint density at radius 3 is 1.48 bits per heavy atom. The first-order chi connectivity index (χ1) is 35.6. The fourth-order valence-electron chi connectivity index (χ4n) is 7.95. The minimum Gasteiger partial charge on any atom is -0.394 e. The van der Waals surface area contributed by atoms with Crippen molar-refractivity contribution in [3.8, 4) is 0 Å². The zero-order chi connectivity index (χ0) is 53.2. The van der Waals surface area contributed by atoms with Crippen LogP contribution in [0.25, 0.3) is 0 Å². The number of hydrogen-bond acceptors (Lipinski definition) is 13. The molecule has 14 heteroatoms. The van der Waals surface area contributed by atoms with Crippen molar-refractivity contribution in [2.24, 2.45) is 0 Å². The Kier molecular flexibility index (Phi) is 39.1. The molecule has 0 saturated carbocycles. The summed E-state index contributed by atoms with van der Waals surface area (Å²) in [6.07, 6.45) is 45.2. The molecule has 0 aromatic heterocycles. The van der Waals surface area contributed by atoms with Gasteiger partial charge in [-0.05, 0) is 103 Å². The number of aliphatic hydroxyl groups is 8. The largest absolute Gasteiger partial charge is 0.394 e. The second kappa shape index (κ2) is 43.6. The summed E-state index contributed by atoms with van der Waals surface area (Å²) in [6.45, 7) is 2.57. The van der Waals surface area contributed by atoms with E-state index in [1.807, 2.05) is 6.08 Å². The maximum atomic E-state index is 13.2. The van der Waals surface area contributed by atoms with Crippen LogP contribution in [0.3, 0.4) is 0 Å². The first-order valence-electron chi connectivity index (χ1n) is 27.3. The van der Waals surface area contributed by atoms with Crippen molar-refractivity contribution in [2.75, 3.05) is 19.8 Å². The summed E-state index contributed by atoms with van der Waals surface area (Å²) >= 11 is 0. The van der Waals surface area contributed by atoms with Gasteiger partial charge in [0.1, 0.15) is 48.8 Å². The Bertz CT molecular complexity index is 1680. The maximum Gasteiger partial charge on any atom is 0.220 e. The highest BCUT2D eigenvalue weighted by atomic mass is 16.7. The zero-order valence-corrected chi connectivity index (χ0v) is 44.1. The molecule has 9 N–H and O–H groups in total. The lowest BCUT2D eigenvalue weighted by molar-refractivity contribution is -0.359. The van der Waals surface area contributed by atoms with Crippen LogP contribution in [0.5, 0.6) is 0 Å². The summed E-state index contributed by atoms with van der Waals surface area (Å²) in [5, 5.41) is 86.8. The number of nitrogens with one attached hydrogen (secondary N) is 1. The number of hydrogen-bond donors (Lipinski definition) is 9. The van der Waals surface area contributed by atoms with Gasteiger partial charge in [-0.15, -0.1) is 0 Å². The van der Waals surface area contributed by atoms with Gasteiger partial charge in [0, 0.05) is 6.42 Å². The number of carbonyl (C=O) groups is 1. The third-order valence-corrected chi connectivity index (χ3v) is 12.4. The molecule has 0 bridgehead atoms. The molecule has 0 aromatic rings. The second-order valence-corrected chi connectivity index (χ2v) is 18.6. The van der Waals surface area contributed by atoms with E-state index in [0.717, 1.165) is 89.9 Å². The molecule has 2 saturated heterocycles. The lowest BCUT2D eigenvalue weighted by atomic mass is 9.97. The number of carbonyl (C=O) groups excluding carboxylic acids is 1. The number of ether oxygens (including phenoxy) is 4. The zero-order valence-electron chi connectivity index (χ0n) is 44.1. The van der Waals surface area contributed by atoms with Crippen LogP contribution in [0, 0.1) is 0 Å². The maximum absolute atomic E-state index is 13.2. The van der Waals surface area contributed by atoms with Crippen molar-refractivity contribution in [2.45, 2.75) is 222 Å². The molecule has 12 unspecified atom stereocenters. The molecule has 2 aliphatic rings. The van der Waals surface area contributed by atoms with Crippen LogP contribution in [-0.4, -0.2) is 140 Å². The van der Waals surface area contributed by atoms with E-state index in [2.05, 4.69) is 129 Å². The van der Waals surface area contributed by atoms with Crippen LogP contribution in [-0.2, 0) is 23.7 Å². The van der Waals surface area contributed by atoms with Crippen molar-refractivity contribution in [1.29, 1.82) is 0 Å². The number of aliphatic hydroxyl groups excluding tert-OH is 8. The van der Waals surface area contributed by atoms with Crippen LogP contribution >= 0.6 is 0 Å². The van der Waals surface area contributed by atoms with E-state index in [4.69, 9.17) is 18.9 Å². The minimum absolute atomic E-state index is 0.221. The Balaban J connectivity index is 1.83. The number of amides is 1. The van der Waals surface area contributed by atoms with Crippen molar-refractivity contribution >= 4 is 5.91 Å². The topological polar surface area (TPSA) is 228 Å². The van der Waals surface area contributed by atoms with Crippen molar-refractivity contribution in [3.05, 3.63) is 122 Å². The quantitative estimate of drug-likeness (QED) is 0.0208. The number of rotatable bonds is 40. The molecular weight excluding hydrogens is 931 g/mol. The monoisotopic (exact) mass is 1030 g/mol. The summed E-state index contributed by atoms with van der Waals surface area (Å²) in [5.41, 5.74) is 0. The fourth-order valence-corrected chi connectivity index (χ4v) is 7.95. The molecule has 73 heavy (non-hydrogen) atoms. The predicted molar refractivity (Wildman–Crippen MR) is 290 cm³/mol. The van der Waals surface area contributed by atoms with Gasteiger partial charge in [-0.25, -0.2) is 0 Å². The summed E-state index contributed by atoms with van der Waals surface area (Å²) < 4.78 is 22.7. The van der Waals surface area contributed by atoms with E-state index in [1.165, 1.54) is 25.7 Å². The van der Waals surface area contributed by atoms with Crippen molar-refractivity contribution in [3.63, 3.8) is 0 Å². The smallest absolute Gasteiger partial charge is 0.220 e. The lowest BCUT2D eigenvalue weighted by Crippen LogP contribution is -2.65. The van der Waals surface area contributed by atoms with Gasteiger partial charge < -0.3 is 65.1 Å². The normalized spacial score (nSPS) is 26.4. The van der Waals surface area contributed by atoms with Gasteiger partial charge in [-0.2, -0.15) is 0 Å². The standard InChI is InChI=1S/C59H95NO13/c1-3-5-7-9-11-13-15-17-19-20-21-22-23-24-25-26-27-28-29-31-33-35-37-39-41-43-51(64)60-47(48(63)42-40-38-36-34-32-30-18-16-14-12-10-8-6-4-2)46-70-58-56(69)54(67)57(50(45-62)72-58)73-59-55(68)53(66)52(65)49(44-61)71-59/h5,7,11,13-14,16-17,19,21-22,24-25,27-28,31-34,40,42,47-50,52-59,61-63,65-69H,3-4,6,8-10,12,15,18,20,23,26,29-30,35-39,41,43-46H2,1-2H3,(H,60,64)/b7-5-,13-11-,16-14+,19-17-,22-21-,25-24-,28-27-,33-31-,34-32+,42-40+. The molecule has 0 spiro atoms. The lowest BCUT2D eigenvalue weighted by Gasteiger charge is -2.46. The van der Waals surface area contributed by atoms with E-state index in [1.54, 1.807) is 6.08 Å². The number of unbranched alkanes of at least 4 members (excludes halogenated alkanes) is 9. The van der Waals surface area contributed by atoms with E-state index in [-0.39, 0.29) is 18.9 Å². The Morgan fingerprint density at radius 2 is 0.959 bits per heavy atom. The molecule has 0 radical (unpaired) electrons.